The Morgan fingerprint density at radius 1 is 1.55 bits per heavy atom. The second-order valence-corrected chi connectivity index (χ2v) is 5.73. The van der Waals surface area contributed by atoms with Gasteiger partial charge in [0.25, 0.3) is 0 Å². The lowest BCUT2D eigenvalue weighted by Crippen LogP contribution is -2.37. The predicted octanol–water partition coefficient (Wildman–Crippen LogP) is 2.06. The fourth-order valence-corrected chi connectivity index (χ4v) is 2.93. The molecule has 1 saturated heterocycles. The number of ether oxygens (including phenoxy) is 1. The molecule has 4 nitrogen and oxygen atoms in total. The highest BCUT2D eigenvalue weighted by molar-refractivity contribution is 5.77. The number of carbonyl (C=O) groups excluding carboxylic acids is 1. The number of allylic oxidation sites excluding steroid dienone is 1. The van der Waals surface area contributed by atoms with E-state index in [2.05, 4.69) is 36.2 Å². The predicted molar refractivity (Wildman–Crippen MR) is 82.6 cm³/mol. The lowest BCUT2D eigenvalue weighted by Gasteiger charge is -2.23. The number of nitrogens with one attached hydrogen (secondary N) is 1. The van der Waals surface area contributed by atoms with Gasteiger partial charge >= 0.3 is 0 Å². The molecule has 1 fully saturated rings. The molecule has 0 aromatic heterocycles. The van der Waals surface area contributed by atoms with Crippen molar-refractivity contribution in [3.05, 3.63) is 12.2 Å². The molecule has 0 aromatic carbocycles. The van der Waals surface area contributed by atoms with Crippen LogP contribution in [-0.2, 0) is 9.53 Å². The minimum absolute atomic E-state index is 0.0122. The van der Waals surface area contributed by atoms with Gasteiger partial charge in [0.2, 0.25) is 5.91 Å². The number of likely N-dealkylation sites (tertiary alicyclic amines) is 1. The lowest BCUT2D eigenvalue weighted by atomic mass is 10.0. The third-order valence-corrected chi connectivity index (χ3v) is 3.85. The molecule has 0 saturated carbocycles. The molecule has 1 heterocycles. The minimum atomic E-state index is -0.0122. The first kappa shape index (κ1) is 17.2. The van der Waals surface area contributed by atoms with Gasteiger partial charge in [-0.05, 0) is 38.1 Å². The third kappa shape index (κ3) is 6.53. The molecular formula is C16H30N2O2. The van der Waals surface area contributed by atoms with Crippen LogP contribution in [0, 0.1) is 11.8 Å². The molecule has 1 N–H and O–H groups in total. The van der Waals surface area contributed by atoms with E-state index in [0.29, 0.717) is 11.8 Å². The Kier molecular flexibility index (Phi) is 8.54. The van der Waals surface area contributed by atoms with Crippen molar-refractivity contribution in [2.75, 3.05) is 39.9 Å². The number of nitrogens with zero attached hydrogens (tertiary/aromatic N) is 1. The minimum Gasteiger partial charge on any atom is -0.375 e. The van der Waals surface area contributed by atoms with Crippen LogP contribution in [0.3, 0.4) is 0 Å². The molecule has 116 valence electrons. The summed E-state index contributed by atoms with van der Waals surface area (Å²) in [4.78, 5) is 14.0. The topological polar surface area (TPSA) is 41.6 Å². The Hall–Kier alpha value is -0.870. The van der Waals surface area contributed by atoms with E-state index < -0.39 is 0 Å². The van der Waals surface area contributed by atoms with E-state index >= 15 is 0 Å². The number of methoxy groups -OCH3 is 1. The van der Waals surface area contributed by atoms with Crippen molar-refractivity contribution in [3.63, 3.8) is 0 Å². The van der Waals surface area contributed by atoms with Crippen LogP contribution in [0.4, 0.5) is 0 Å². The summed E-state index contributed by atoms with van der Waals surface area (Å²) in [7, 11) is 1.55. The van der Waals surface area contributed by atoms with Crippen LogP contribution in [0.2, 0.25) is 0 Å². The number of amides is 1. The summed E-state index contributed by atoms with van der Waals surface area (Å²) >= 11 is 0. The van der Waals surface area contributed by atoms with Gasteiger partial charge in [-0.3, -0.25) is 4.79 Å². The van der Waals surface area contributed by atoms with Gasteiger partial charge in [0.05, 0.1) is 0 Å². The van der Waals surface area contributed by atoms with Crippen molar-refractivity contribution in [1.29, 1.82) is 0 Å². The highest BCUT2D eigenvalue weighted by atomic mass is 16.5. The molecule has 20 heavy (non-hydrogen) atoms. The number of hydrogen-bond acceptors (Lipinski definition) is 3. The molecule has 0 aromatic rings. The number of carbonyl (C=O) groups is 1. The quantitative estimate of drug-likeness (QED) is 0.658. The molecule has 0 aliphatic carbocycles. The highest BCUT2D eigenvalue weighted by Gasteiger charge is 2.22. The molecule has 0 bridgehead atoms. The fourth-order valence-electron chi connectivity index (χ4n) is 2.93. The molecule has 1 rings (SSSR count). The van der Waals surface area contributed by atoms with E-state index in [0.717, 1.165) is 32.5 Å². The molecule has 1 aliphatic heterocycles. The summed E-state index contributed by atoms with van der Waals surface area (Å²) in [6.45, 7) is 8.66. The first-order valence-electron chi connectivity index (χ1n) is 7.80. The van der Waals surface area contributed by atoms with Gasteiger partial charge in [-0.25, -0.2) is 0 Å². The molecule has 0 radical (unpaired) electrons. The van der Waals surface area contributed by atoms with E-state index in [1.54, 1.807) is 7.11 Å². The summed E-state index contributed by atoms with van der Waals surface area (Å²) in [5.41, 5.74) is 0. The Balaban J connectivity index is 2.33. The van der Waals surface area contributed by atoms with Crippen LogP contribution in [0.25, 0.3) is 0 Å². The van der Waals surface area contributed by atoms with E-state index in [1.807, 2.05) is 0 Å². The summed E-state index contributed by atoms with van der Waals surface area (Å²) < 4.78 is 4.84. The van der Waals surface area contributed by atoms with Gasteiger partial charge in [-0.1, -0.05) is 25.5 Å². The second-order valence-electron chi connectivity index (χ2n) is 5.73. The Morgan fingerprint density at radius 2 is 2.35 bits per heavy atom. The van der Waals surface area contributed by atoms with Crippen LogP contribution in [0.5, 0.6) is 0 Å². The van der Waals surface area contributed by atoms with Gasteiger partial charge in [0.15, 0.2) is 0 Å². The summed E-state index contributed by atoms with van der Waals surface area (Å²) in [6, 6.07) is 0. The van der Waals surface area contributed by atoms with E-state index in [4.69, 9.17) is 4.74 Å². The summed E-state index contributed by atoms with van der Waals surface area (Å²) in [5.74, 6) is 1.25. The SMILES string of the molecule is CC=C[C@@H]1CCN(CC(CCC)CNC(=O)COC)C1. The van der Waals surface area contributed by atoms with Gasteiger partial charge in [-0.15, -0.1) is 0 Å². The van der Waals surface area contributed by atoms with Gasteiger partial charge in [0.1, 0.15) is 6.61 Å². The molecule has 2 atom stereocenters. The first-order valence-corrected chi connectivity index (χ1v) is 7.80. The van der Waals surface area contributed by atoms with Crippen LogP contribution >= 0.6 is 0 Å². The zero-order valence-corrected chi connectivity index (χ0v) is 13.2. The van der Waals surface area contributed by atoms with Crippen LogP contribution in [0.1, 0.15) is 33.1 Å². The monoisotopic (exact) mass is 282 g/mol. The average Bonchev–Trinajstić information content (AvgIpc) is 2.84. The number of hydrogen-bond donors (Lipinski definition) is 1. The zero-order valence-electron chi connectivity index (χ0n) is 13.2. The smallest absolute Gasteiger partial charge is 0.245 e. The van der Waals surface area contributed by atoms with Crippen molar-refractivity contribution in [2.24, 2.45) is 11.8 Å². The molecular weight excluding hydrogens is 252 g/mol. The zero-order chi connectivity index (χ0) is 14.8. The maximum Gasteiger partial charge on any atom is 0.245 e. The molecule has 4 heteroatoms. The first-order chi connectivity index (χ1) is 9.69. The largest absolute Gasteiger partial charge is 0.375 e. The van der Waals surface area contributed by atoms with Crippen LogP contribution in [0.15, 0.2) is 12.2 Å². The van der Waals surface area contributed by atoms with Crippen molar-refractivity contribution in [2.45, 2.75) is 33.1 Å². The van der Waals surface area contributed by atoms with E-state index in [-0.39, 0.29) is 12.5 Å². The third-order valence-electron chi connectivity index (χ3n) is 3.85. The summed E-state index contributed by atoms with van der Waals surface area (Å²) in [5, 5.41) is 2.97. The van der Waals surface area contributed by atoms with E-state index in [1.165, 1.54) is 13.0 Å². The molecule has 1 amide bonds. The van der Waals surface area contributed by atoms with Gasteiger partial charge < -0.3 is 15.0 Å². The lowest BCUT2D eigenvalue weighted by molar-refractivity contribution is -0.124. The average molecular weight is 282 g/mol. The second kappa shape index (κ2) is 9.94. The molecule has 1 unspecified atom stereocenters. The van der Waals surface area contributed by atoms with Crippen molar-refractivity contribution < 1.29 is 9.53 Å². The molecule has 1 aliphatic rings. The Labute approximate surface area is 123 Å². The van der Waals surface area contributed by atoms with Crippen molar-refractivity contribution >= 4 is 5.91 Å². The van der Waals surface area contributed by atoms with Crippen LogP contribution in [-0.4, -0.2) is 50.7 Å². The standard InChI is InChI=1S/C16H30N2O2/c1-4-6-14-8-9-18(11-14)12-15(7-5-2)10-17-16(19)13-20-3/h4,6,14-15H,5,7-13H2,1-3H3,(H,17,19)/t14-,15?/m1/s1. The highest BCUT2D eigenvalue weighted by Crippen LogP contribution is 2.19. The number of rotatable bonds is 9. The Morgan fingerprint density at radius 3 is 3.00 bits per heavy atom. The maximum atomic E-state index is 11.5. The van der Waals surface area contributed by atoms with Gasteiger partial charge in [-0.2, -0.15) is 0 Å². The van der Waals surface area contributed by atoms with Gasteiger partial charge in [0, 0.05) is 26.7 Å². The normalized spacial score (nSPS) is 21.4. The fraction of sp³-hybridized carbons (Fsp3) is 0.812. The Bertz CT molecular complexity index is 305. The maximum absolute atomic E-state index is 11.5. The van der Waals surface area contributed by atoms with Crippen molar-refractivity contribution in [3.8, 4) is 0 Å². The summed E-state index contributed by atoms with van der Waals surface area (Å²) in [6.07, 6.45) is 8.06. The van der Waals surface area contributed by atoms with Crippen molar-refractivity contribution in [1.82, 2.24) is 10.2 Å². The van der Waals surface area contributed by atoms with Crippen LogP contribution < -0.4 is 5.32 Å². The molecule has 0 spiro atoms. The van der Waals surface area contributed by atoms with E-state index in [9.17, 15) is 4.79 Å².